The Balaban J connectivity index is 2.25. The van der Waals surface area contributed by atoms with Gasteiger partial charge in [0.1, 0.15) is 5.75 Å². The highest BCUT2D eigenvalue weighted by Crippen LogP contribution is 2.31. The number of benzene rings is 1. The third-order valence-corrected chi connectivity index (χ3v) is 6.17. The lowest BCUT2D eigenvalue weighted by Crippen LogP contribution is -2.33. The highest BCUT2D eigenvalue weighted by Gasteiger charge is 2.34. The molecule has 0 spiro atoms. The molecule has 0 amide bonds. The summed E-state index contributed by atoms with van der Waals surface area (Å²) in [5.41, 5.74) is 5.86. The van der Waals surface area contributed by atoms with Crippen molar-refractivity contribution in [3.05, 3.63) is 22.7 Å². The van der Waals surface area contributed by atoms with E-state index in [0.717, 1.165) is 6.42 Å². The van der Waals surface area contributed by atoms with E-state index in [1.807, 2.05) is 6.92 Å². The summed E-state index contributed by atoms with van der Waals surface area (Å²) in [5, 5.41) is 0. The summed E-state index contributed by atoms with van der Waals surface area (Å²) in [6.45, 7) is 2.94. The van der Waals surface area contributed by atoms with E-state index in [2.05, 4.69) is 15.9 Å². The second-order valence-corrected chi connectivity index (χ2v) is 7.86. The lowest BCUT2D eigenvalue weighted by Gasteiger charge is -2.18. The van der Waals surface area contributed by atoms with Gasteiger partial charge < -0.3 is 10.5 Å². The molecule has 112 valence electrons. The molecule has 1 saturated heterocycles. The Morgan fingerprint density at radius 1 is 1.50 bits per heavy atom. The van der Waals surface area contributed by atoms with Crippen LogP contribution in [0.4, 0.5) is 0 Å². The highest BCUT2D eigenvalue weighted by molar-refractivity contribution is 9.10. The molecule has 1 aliphatic rings. The number of methoxy groups -OCH3 is 1. The summed E-state index contributed by atoms with van der Waals surface area (Å²) in [6, 6.07) is 4.81. The molecule has 20 heavy (non-hydrogen) atoms. The van der Waals surface area contributed by atoms with Crippen molar-refractivity contribution in [2.24, 2.45) is 11.7 Å². The molecular formula is C13H19BrN2O3S. The number of hydrogen-bond donors (Lipinski definition) is 1. The van der Waals surface area contributed by atoms with Gasteiger partial charge in [0.2, 0.25) is 10.0 Å². The molecule has 7 heteroatoms. The van der Waals surface area contributed by atoms with Crippen LogP contribution in [-0.2, 0) is 10.0 Å². The molecule has 1 aromatic rings. The monoisotopic (exact) mass is 362 g/mol. The van der Waals surface area contributed by atoms with Gasteiger partial charge in [-0.05, 0) is 53.4 Å². The van der Waals surface area contributed by atoms with Gasteiger partial charge >= 0.3 is 0 Å². The fraction of sp³-hybridized carbons (Fsp3) is 0.538. The van der Waals surface area contributed by atoms with Crippen molar-refractivity contribution in [2.75, 3.05) is 20.2 Å². The van der Waals surface area contributed by atoms with E-state index >= 15 is 0 Å². The largest absolute Gasteiger partial charge is 0.496 e. The first-order chi connectivity index (χ1) is 9.36. The van der Waals surface area contributed by atoms with Crippen molar-refractivity contribution in [1.29, 1.82) is 0 Å². The molecule has 0 aliphatic carbocycles. The van der Waals surface area contributed by atoms with E-state index < -0.39 is 10.0 Å². The number of nitrogens with zero attached hydrogens (tertiary/aromatic N) is 1. The molecule has 5 nitrogen and oxygen atoms in total. The van der Waals surface area contributed by atoms with E-state index in [-0.39, 0.29) is 16.9 Å². The van der Waals surface area contributed by atoms with Gasteiger partial charge in [-0.1, -0.05) is 0 Å². The second-order valence-electron chi connectivity index (χ2n) is 5.07. The number of rotatable bonds is 4. The molecule has 0 radical (unpaired) electrons. The first-order valence-electron chi connectivity index (χ1n) is 6.45. The number of halogens is 1. The van der Waals surface area contributed by atoms with Crippen LogP contribution in [0.25, 0.3) is 0 Å². The SMILES string of the molecule is COc1ccc(S(=O)(=O)N2CCC(C(C)N)C2)cc1Br. The number of nitrogens with two attached hydrogens (primary N) is 1. The Hall–Kier alpha value is -0.630. The van der Waals surface area contributed by atoms with Crippen LogP contribution in [0.1, 0.15) is 13.3 Å². The van der Waals surface area contributed by atoms with Crippen molar-refractivity contribution in [1.82, 2.24) is 4.31 Å². The van der Waals surface area contributed by atoms with Crippen LogP contribution < -0.4 is 10.5 Å². The Kier molecular flexibility index (Phi) is 4.73. The van der Waals surface area contributed by atoms with Gasteiger partial charge in [-0.25, -0.2) is 8.42 Å². The van der Waals surface area contributed by atoms with E-state index in [1.165, 1.54) is 4.31 Å². The smallest absolute Gasteiger partial charge is 0.243 e. The average molecular weight is 363 g/mol. The van der Waals surface area contributed by atoms with Gasteiger partial charge in [-0.3, -0.25) is 0 Å². The molecule has 2 unspecified atom stereocenters. The fourth-order valence-corrected chi connectivity index (χ4v) is 4.59. The molecule has 1 fully saturated rings. The van der Waals surface area contributed by atoms with Crippen LogP contribution in [0.2, 0.25) is 0 Å². The zero-order valence-electron chi connectivity index (χ0n) is 11.5. The molecule has 0 aromatic heterocycles. The second kappa shape index (κ2) is 6.01. The average Bonchev–Trinajstić information content (AvgIpc) is 2.89. The fourth-order valence-electron chi connectivity index (χ4n) is 2.36. The third-order valence-electron chi connectivity index (χ3n) is 3.69. The molecule has 0 bridgehead atoms. The summed E-state index contributed by atoms with van der Waals surface area (Å²) in [7, 11) is -1.92. The van der Waals surface area contributed by atoms with Gasteiger partial charge in [-0.15, -0.1) is 0 Å². The summed E-state index contributed by atoms with van der Waals surface area (Å²) < 4.78 is 32.4. The lowest BCUT2D eigenvalue weighted by molar-refractivity contribution is 0.411. The molecule has 2 N–H and O–H groups in total. The minimum atomic E-state index is -3.46. The van der Waals surface area contributed by atoms with Crippen molar-refractivity contribution in [3.8, 4) is 5.75 Å². The summed E-state index contributed by atoms with van der Waals surface area (Å²) in [5.74, 6) is 0.838. The first kappa shape index (κ1) is 15.8. The highest BCUT2D eigenvalue weighted by atomic mass is 79.9. The Morgan fingerprint density at radius 3 is 2.70 bits per heavy atom. The van der Waals surface area contributed by atoms with Gasteiger partial charge in [0.15, 0.2) is 0 Å². The molecule has 1 heterocycles. The Bertz CT molecular complexity index is 589. The van der Waals surface area contributed by atoms with Gasteiger partial charge in [0.25, 0.3) is 0 Å². The zero-order valence-corrected chi connectivity index (χ0v) is 13.9. The summed E-state index contributed by atoms with van der Waals surface area (Å²) >= 11 is 3.32. The van der Waals surface area contributed by atoms with E-state index in [0.29, 0.717) is 23.3 Å². The topological polar surface area (TPSA) is 72.6 Å². The number of ether oxygens (including phenoxy) is 1. The standard InChI is InChI=1S/C13H19BrN2O3S/c1-9(15)10-5-6-16(8-10)20(17,18)11-3-4-13(19-2)12(14)7-11/h3-4,7,9-10H,5-6,8,15H2,1-2H3. The molecule has 1 aliphatic heterocycles. The van der Waals surface area contributed by atoms with Crippen LogP contribution in [-0.4, -0.2) is 39.0 Å². The Morgan fingerprint density at radius 2 is 2.20 bits per heavy atom. The van der Waals surface area contributed by atoms with E-state index in [1.54, 1.807) is 25.3 Å². The summed E-state index contributed by atoms with van der Waals surface area (Å²) in [6.07, 6.45) is 0.814. The molecule has 1 aromatic carbocycles. The van der Waals surface area contributed by atoms with Crippen molar-refractivity contribution in [2.45, 2.75) is 24.3 Å². The maximum absolute atomic E-state index is 12.6. The van der Waals surface area contributed by atoms with Crippen LogP contribution in [0.15, 0.2) is 27.6 Å². The maximum atomic E-state index is 12.6. The number of hydrogen-bond acceptors (Lipinski definition) is 4. The normalized spacial score (nSPS) is 21.9. The first-order valence-corrected chi connectivity index (χ1v) is 8.69. The molecular weight excluding hydrogens is 344 g/mol. The van der Waals surface area contributed by atoms with Crippen molar-refractivity contribution in [3.63, 3.8) is 0 Å². The minimum Gasteiger partial charge on any atom is -0.496 e. The van der Waals surface area contributed by atoms with Crippen molar-refractivity contribution < 1.29 is 13.2 Å². The minimum absolute atomic E-state index is 0.0119. The van der Waals surface area contributed by atoms with E-state index in [9.17, 15) is 8.42 Å². The van der Waals surface area contributed by atoms with Crippen molar-refractivity contribution >= 4 is 26.0 Å². The van der Waals surface area contributed by atoms with Crippen LogP contribution in [0, 0.1) is 5.92 Å². The van der Waals surface area contributed by atoms with Crippen LogP contribution in [0.3, 0.4) is 0 Å². The lowest BCUT2D eigenvalue weighted by atomic mass is 10.0. The summed E-state index contributed by atoms with van der Waals surface area (Å²) in [4.78, 5) is 0.274. The van der Waals surface area contributed by atoms with Crippen LogP contribution >= 0.6 is 15.9 Å². The number of sulfonamides is 1. The predicted octanol–water partition coefficient (Wildman–Crippen LogP) is 1.82. The third kappa shape index (κ3) is 3.00. The molecule has 2 rings (SSSR count). The maximum Gasteiger partial charge on any atom is 0.243 e. The van der Waals surface area contributed by atoms with E-state index in [4.69, 9.17) is 10.5 Å². The van der Waals surface area contributed by atoms with Gasteiger partial charge in [-0.2, -0.15) is 4.31 Å². The Labute approximate surface area is 128 Å². The van der Waals surface area contributed by atoms with Crippen LogP contribution in [0.5, 0.6) is 5.75 Å². The van der Waals surface area contributed by atoms with Gasteiger partial charge in [0.05, 0.1) is 16.5 Å². The zero-order chi connectivity index (χ0) is 14.9. The quantitative estimate of drug-likeness (QED) is 0.886. The predicted molar refractivity (Wildman–Crippen MR) is 81.2 cm³/mol. The molecule has 2 atom stereocenters. The molecule has 0 saturated carbocycles. The van der Waals surface area contributed by atoms with Gasteiger partial charge in [0, 0.05) is 19.1 Å².